The van der Waals surface area contributed by atoms with Gasteiger partial charge in [0.1, 0.15) is 0 Å². The number of carbonyl (C=O) groups excluding carboxylic acids is 1. The van der Waals surface area contributed by atoms with Gasteiger partial charge in [-0.05, 0) is 5.92 Å². The van der Waals surface area contributed by atoms with Crippen LogP contribution in [0.1, 0.15) is 13.8 Å². The highest BCUT2D eigenvalue weighted by atomic mass is 16.5. The minimum Gasteiger partial charge on any atom is -0.494 e. The average Bonchev–Trinajstić information content (AvgIpc) is 2.34. The highest BCUT2D eigenvalue weighted by molar-refractivity contribution is 5.80. The number of anilines is 1. The minimum atomic E-state index is -0.0712. The first-order valence-electron chi connectivity index (χ1n) is 5.48. The SMILES string of the molecule is COc1cnc(NCC(=O)NCC(C)C)nc1. The van der Waals surface area contributed by atoms with Crippen LogP contribution < -0.4 is 15.4 Å². The largest absolute Gasteiger partial charge is 0.494 e. The van der Waals surface area contributed by atoms with Crippen molar-refractivity contribution in [3.8, 4) is 5.75 Å². The van der Waals surface area contributed by atoms with Crippen molar-refractivity contribution in [3.05, 3.63) is 12.4 Å². The Bertz CT molecular complexity index is 351. The number of hydrogen-bond acceptors (Lipinski definition) is 5. The number of ether oxygens (including phenoxy) is 1. The Labute approximate surface area is 101 Å². The maximum atomic E-state index is 11.4. The zero-order valence-electron chi connectivity index (χ0n) is 10.4. The molecule has 0 aromatic carbocycles. The average molecular weight is 238 g/mol. The molecule has 0 aliphatic heterocycles. The molecule has 94 valence electrons. The second-order valence-corrected chi connectivity index (χ2v) is 4.00. The van der Waals surface area contributed by atoms with E-state index in [4.69, 9.17) is 4.74 Å². The molecular weight excluding hydrogens is 220 g/mol. The number of hydrogen-bond donors (Lipinski definition) is 2. The Balaban J connectivity index is 2.31. The summed E-state index contributed by atoms with van der Waals surface area (Å²) in [5.41, 5.74) is 0. The summed E-state index contributed by atoms with van der Waals surface area (Å²) >= 11 is 0. The van der Waals surface area contributed by atoms with Gasteiger partial charge in [0, 0.05) is 6.54 Å². The van der Waals surface area contributed by atoms with Gasteiger partial charge >= 0.3 is 0 Å². The third-order valence-corrected chi connectivity index (χ3v) is 1.98. The summed E-state index contributed by atoms with van der Waals surface area (Å²) in [6, 6.07) is 0. The van der Waals surface area contributed by atoms with Crippen molar-refractivity contribution >= 4 is 11.9 Å². The van der Waals surface area contributed by atoms with Gasteiger partial charge in [0.15, 0.2) is 5.75 Å². The van der Waals surface area contributed by atoms with Crippen LogP contribution in [0.15, 0.2) is 12.4 Å². The van der Waals surface area contributed by atoms with Crippen molar-refractivity contribution in [1.82, 2.24) is 15.3 Å². The molecular formula is C11H18N4O2. The van der Waals surface area contributed by atoms with E-state index in [2.05, 4.69) is 20.6 Å². The van der Waals surface area contributed by atoms with Gasteiger partial charge in [-0.15, -0.1) is 0 Å². The van der Waals surface area contributed by atoms with Crippen LogP contribution in [0.4, 0.5) is 5.95 Å². The number of nitrogens with one attached hydrogen (secondary N) is 2. The lowest BCUT2D eigenvalue weighted by atomic mass is 10.2. The third kappa shape index (κ3) is 5.14. The van der Waals surface area contributed by atoms with E-state index < -0.39 is 0 Å². The second-order valence-electron chi connectivity index (χ2n) is 4.00. The fourth-order valence-electron chi connectivity index (χ4n) is 1.05. The van der Waals surface area contributed by atoms with E-state index in [1.165, 1.54) is 0 Å². The van der Waals surface area contributed by atoms with Crippen LogP contribution in [-0.2, 0) is 4.79 Å². The van der Waals surface area contributed by atoms with E-state index >= 15 is 0 Å². The Morgan fingerprint density at radius 2 is 2.06 bits per heavy atom. The molecule has 2 N–H and O–H groups in total. The van der Waals surface area contributed by atoms with E-state index in [1.54, 1.807) is 19.5 Å². The molecule has 1 aromatic rings. The van der Waals surface area contributed by atoms with Crippen molar-refractivity contribution in [1.29, 1.82) is 0 Å². The van der Waals surface area contributed by atoms with E-state index in [9.17, 15) is 4.79 Å². The second kappa shape index (κ2) is 6.67. The Morgan fingerprint density at radius 3 is 2.59 bits per heavy atom. The lowest BCUT2D eigenvalue weighted by molar-refractivity contribution is -0.119. The van der Waals surface area contributed by atoms with Crippen molar-refractivity contribution < 1.29 is 9.53 Å². The molecule has 0 spiro atoms. The fourth-order valence-corrected chi connectivity index (χ4v) is 1.05. The first-order valence-corrected chi connectivity index (χ1v) is 5.48. The number of methoxy groups -OCH3 is 1. The van der Waals surface area contributed by atoms with Gasteiger partial charge in [0.25, 0.3) is 0 Å². The molecule has 17 heavy (non-hydrogen) atoms. The highest BCUT2D eigenvalue weighted by Gasteiger charge is 2.03. The number of carbonyl (C=O) groups is 1. The Morgan fingerprint density at radius 1 is 1.41 bits per heavy atom. The highest BCUT2D eigenvalue weighted by Crippen LogP contribution is 2.06. The molecule has 0 aliphatic rings. The number of rotatable bonds is 6. The molecule has 0 saturated heterocycles. The van der Waals surface area contributed by atoms with Gasteiger partial charge in [0.05, 0.1) is 26.0 Å². The quantitative estimate of drug-likeness (QED) is 0.761. The molecule has 0 saturated carbocycles. The fraction of sp³-hybridized carbons (Fsp3) is 0.545. The number of aromatic nitrogens is 2. The molecule has 0 fully saturated rings. The zero-order valence-corrected chi connectivity index (χ0v) is 10.4. The monoisotopic (exact) mass is 238 g/mol. The molecule has 0 unspecified atom stereocenters. The zero-order chi connectivity index (χ0) is 12.7. The molecule has 0 radical (unpaired) electrons. The summed E-state index contributed by atoms with van der Waals surface area (Å²) < 4.78 is 4.93. The molecule has 6 nitrogen and oxygen atoms in total. The molecule has 0 atom stereocenters. The van der Waals surface area contributed by atoms with Crippen LogP contribution in [0.25, 0.3) is 0 Å². The number of amides is 1. The standard InChI is InChI=1S/C11H18N4O2/c1-8(2)4-12-10(16)7-15-11-13-5-9(17-3)6-14-11/h5-6,8H,4,7H2,1-3H3,(H,12,16)(H,13,14,15). The molecule has 1 amide bonds. The lowest BCUT2D eigenvalue weighted by Crippen LogP contribution is -2.32. The summed E-state index contributed by atoms with van der Waals surface area (Å²) in [5, 5.41) is 5.62. The predicted octanol–water partition coefficient (Wildman–Crippen LogP) is 0.669. The number of nitrogens with zero attached hydrogens (tertiary/aromatic N) is 2. The maximum Gasteiger partial charge on any atom is 0.239 e. The van der Waals surface area contributed by atoms with Gasteiger partial charge in [0.2, 0.25) is 11.9 Å². The maximum absolute atomic E-state index is 11.4. The van der Waals surface area contributed by atoms with Crippen LogP contribution in [0, 0.1) is 5.92 Å². The molecule has 0 aliphatic carbocycles. The van der Waals surface area contributed by atoms with E-state index in [1.807, 2.05) is 13.8 Å². The van der Waals surface area contributed by atoms with Crippen molar-refractivity contribution in [3.63, 3.8) is 0 Å². The van der Waals surface area contributed by atoms with Crippen molar-refractivity contribution in [2.75, 3.05) is 25.5 Å². The molecule has 1 heterocycles. The molecule has 6 heteroatoms. The molecule has 0 bridgehead atoms. The Kier molecular flexibility index (Phi) is 5.19. The summed E-state index contributed by atoms with van der Waals surface area (Å²) in [5.74, 6) is 1.36. The minimum absolute atomic E-state index is 0.0712. The lowest BCUT2D eigenvalue weighted by Gasteiger charge is -2.08. The third-order valence-electron chi connectivity index (χ3n) is 1.98. The summed E-state index contributed by atoms with van der Waals surface area (Å²) in [4.78, 5) is 19.4. The van der Waals surface area contributed by atoms with Crippen LogP contribution >= 0.6 is 0 Å². The summed E-state index contributed by atoms with van der Waals surface area (Å²) in [6.45, 7) is 4.92. The van der Waals surface area contributed by atoms with Gasteiger partial charge in [-0.3, -0.25) is 4.79 Å². The normalized spacial score (nSPS) is 10.1. The van der Waals surface area contributed by atoms with Gasteiger partial charge in [-0.25, -0.2) is 9.97 Å². The van der Waals surface area contributed by atoms with E-state index in [0.29, 0.717) is 24.2 Å². The molecule has 1 aromatic heterocycles. The van der Waals surface area contributed by atoms with Crippen molar-refractivity contribution in [2.24, 2.45) is 5.92 Å². The topological polar surface area (TPSA) is 76.1 Å². The van der Waals surface area contributed by atoms with Crippen LogP contribution in [-0.4, -0.2) is 36.1 Å². The smallest absolute Gasteiger partial charge is 0.239 e. The van der Waals surface area contributed by atoms with Gasteiger partial charge in [-0.2, -0.15) is 0 Å². The molecule has 1 rings (SSSR count). The summed E-state index contributed by atoms with van der Waals surface area (Å²) in [6.07, 6.45) is 3.09. The van der Waals surface area contributed by atoms with E-state index in [-0.39, 0.29) is 12.5 Å². The first kappa shape index (κ1) is 13.2. The Hall–Kier alpha value is -1.85. The van der Waals surface area contributed by atoms with Crippen LogP contribution in [0.2, 0.25) is 0 Å². The first-order chi connectivity index (χ1) is 8.11. The van der Waals surface area contributed by atoms with Gasteiger partial charge in [-0.1, -0.05) is 13.8 Å². The predicted molar refractivity (Wildman–Crippen MR) is 64.9 cm³/mol. The summed E-state index contributed by atoms with van der Waals surface area (Å²) in [7, 11) is 1.55. The van der Waals surface area contributed by atoms with Crippen LogP contribution in [0.3, 0.4) is 0 Å². The van der Waals surface area contributed by atoms with Gasteiger partial charge < -0.3 is 15.4 Å². The van der Waals surface area contributed by atoms with E-state index in [0.717, 1.165) is 0 Å². The van der Waals surface area contributed by atoms with Crippen molar-refractivity contribution in [2.45, 2.75) is 13.8 Å². The van der Waals surface area contributed by atoms with Crippen LogP contribution in [0.5, 0.6) is 5.75 Å².